The molecule has 0 atom stereocenters. The summed E-state index contributed by atoms with van der Waals surface area (Å²) in [5.74, 6) is 0. The van der Waals surface area contributed by atoms with Crippen LogP contribution in [-0.4, -0.2) is 6.72 Å². The van der Waals surface area contributed by atoms with Gasteiger partial charge in [0.15, 0.2) is 0 Å². The molecule has 0 aliphatic heterocycles. The average Bonchev–Trinajstić information content (AvgIpc) is 2.40. The molecule has 1 heteroatoms. The molecule has 0 spiro atoms. The number of benzene rings is 1. The van der Waals surface area contributed by atoms with E-state index in [2.05, 4.69) is 49.0 Å². The van der Waals surface area contributed by atoms with Crippen molar-refractivity contribution in [3.8, 4) is 0 Å². The lowest BCUT2D eigenvalue weighted by molar-refractivity contribution is 1.24. The van der Waals surface area contributed by atoms with E-state index in [9.17, 15) is 0 Å². The first kappa shape index (κ1) is 8.95. The molecule has 0 radical (unpaired) electrons. The van der Waals surface area contributed by atoms with E-state index in [-0.39, 0.29) is 0 Å². The number of nitrogens with zero attached hydrogens (tertiary/aromatic N) is 1. The van der Waals surface area contributed by atoms with E-state index in [0.717, 1.165) is 12.1 Å². The molecule has 70 valence electrons. The summed E-state index contributed by atoms with van der Waals surface area (Å²) in [4.78, 5) is 3.93. The monoisotopic (exact) mass is 183 g/mol. The van der Waals surface area contributed by atoms with Gasteiger partial charge in [-0.15, -0.1) is 0 Å². The summed E-state index contributed by atoms with van der Waals surface area (Å²) < 4.78 is 0. The zero-order valence-electron chi connectivity index (χ0n) is 8.33. The maximum atomic E-state index is 3.93. The molecule has 14 heavy (non-hydrogen) atoms. The van der Waals surface area contributed by atoms with E-state index >= 15 is 0 Å². The molecule has 0 aromatic heterocycles. The van der Waals surface area contributed by atoms with Crippen LogP contribution in [0, 0.1) is 0 Å². The summed E-state index contributed by atoms with van der Waals surface area (Å²) in [5.41, 5.74) is 4.86. The zero-order valence-corrected chi connectivity index (χ0v) is 8.33. The molecule has 1 aliphatic rings. The van der Waals surface area contributed by atoms with E-state index in [0.29, 0.717) is 0 Å². The number of fused-ring (bicyclic) bond motifs is 1. The largest absolute Gasteiger partial charge is 0.265 e. The first-order chi connectivity index (χ1) is 6.79. The number of aliphatic imine (C=N–C) groups is 1. The van der Waals surface area contributed by atoms with Crippen molar-refractivity contribution in [2.45, 2.75) is 13.3 Å². The van der Waals surface area contributed by atoms with E-state index in [1.165, 1.54) is 16.7 Å². The topological polar surface area (TPSA) is 12.4 Å². The van der Waals surface area contributed by atoms with Crippen LogP contribution >= 0.6 is 0 Å². The Bertz CT molecular complexity index is 425. The highest BCUT2D eigenvalue weighted by atomic mass is 14.7. The predicted octanol–water partition coefficient (Wildman–Crippen LogP) is 3.53. The summed E-state index contributed by atoms with van der Waals surface area (Å²) in [6.45, 7) is 5.65. The second kappa shape index (κ2) is 3.62. The van der Waals surface area contributed by atoms with Gasteiger partial charge >= 0.3 is 0 Å². The van der Waals surface area contributed by atoms with Crippen molar-refractivity contribution in [3.63, 3.8) is 0 Å². The first-order valence-electron chi connectivity index (χ1n) is 4.74. The molecule has 1 aromatic rings. The van der Waals surface area contributed by atoms with Crippen LogP contribution in [0.3, 0.4) is 0 Å². The smallest absolute Gasteiger partial charge is 0.0628 e. The van der Waals surface area contributed by atoms with E-state index in [1.807, 2.05) is 6.07 Å². The van der Waals surface area contributed by atoms with Crippen LogP contribution in [0.1, 0.15) is 18.1 Å². The van der Waals surface area contributed by atoms with Crippen LogP contribution < -0.4 is 0 Å². The predicted molar refractivity (Wildman–Crippen MR) is 62.1 cm³/mol. The van der Waals surface area contributed by atoms with Gasteiger partial charge in [-0.1, -0.05) is 29.9 Å². The summed E-state index contributed by atoms with van der Waals surface area (Å²) in [5, 5.41) is 0. The molecule has 1 aliphatic carbocycles. The Hall–Kier alpha value is -1.63. The lowest BCUT2D eigenvalue weighted by atomic mass is 10.0. The minimum absolute atomic E-state index is 0.938. The van der Waals surface area contributed by atoms with E-state index in [4.69, 9.17) is 0 Å². The third-order valence-corrected chi connectivity index (χ3v) is 2.48. The molecule has 0 N–H and O–H groups in total. The third kappa shape index (κ3) is 1.67. The highest BCUT2D eigenvalue weighted by Crippen LogP contribution is 2.23. The standard InChI is InChI=1S/C13H13N/c1-10-3-5-11-7-8-13(14-2)9-12(11)6-4-10/h3-4,6-9H,2,5H2,1H3. The SMILES string of the molecule is C=Nc1ccc2c(c1)C=CC(C)=CC2. The normalized spacial score (nSPS) is 14.2. The number of allylic oxidation sites excluding steroid dienone is 3. The second-order valence-corrected chi connectivity index (χ2v) is 3.53. The van der Waals surface area contributed by atoms with Crippen LogP contribution in [0.4, 0.5) is 5.69 Å². The van der Waals surface area contributed by atoms with Crippen molar-refractivity contribution in [2.75, 3.05) is 0 Å². The highest BCUT2D eigenvalue weighted by molar-refractivity contribution is 5.63. The Balaban J connectivity index is 2.48. The molecular weight excluding hydrogens is 170 g/mol. The number of hydrogen-bond acceptors (Lipinski definition) is 1. The Morgan fingerprint density at radius 3 is 2.93 bits per heavy atom. The molecule has 0 amide bonds. The Labute approximate surface area is 84.5 Å². The average molecular weight is 183 g/mol. The summed E-state index contributed by atoms with van der Waals surface area (Å²) in [6, 6.07) is 6.21. The van der Waals surface area contributed by atoms with Crippen molar-refractivity contribution < 1.29 is 0 Å². The van der Waals surface area contributed by atoms with Crippen molar-refractivity contribution in [3.05, 3.63) is 47.1 Å². The Morgan fingerprint density at radius 2 is 2.14 bits per heavy atom. The number of hydrogen-bond donors (Lipinski definition) is 0. The fourth-order valence-corrected chi connectivity index (χ4v) is 1.58. The molecular formula is C13H13N. The van der Waals surface area contributed by atoms with Crippen molar-refractivity contribution in [1.82, 2.24) is 0 Å². The molecule has 1 aromatic carbocycles. The van der Waals surface area contributed by atoms with Gasteiger partial charge in [-0.2, -0.15) is 0 Å². The number of rotatable bonds is 1. The maximum absolute atomic E-state index is 3.93. The van der Waals surface area contributed by atoms with Crippen molar-refractivity contribution >= 4 is 18.5 Å². The van der Waals surface area contributed by atoms with Crippen LogP contribution in [0.5, 0.6) is 0 Å². The van der Waals surface area contributed by atoms with Crippen LogP contribution in [0.2, 0.25) is 0 Å². The molecule has 2 rings (SSSR count). The van der Waals surface area contributed by atoms with Crippen LogP contribution in [0.15, 0.2) is 40.9 Å². The van der Waals surface area contributed by atoms with Crippen molar-refractivity contribution in [2.24, 2.45) is 4.99 Å². The molecule has 0 heterocycles. The van der Waals surface area contributed by atoms with Gasteiger partial charge in [-0.3, -0.25) is 4.99 Å². The second-order valence-electron chi connectivity index (χ2n) is 3.53. The fraction of sp³-hybridized carbons (Fsp3) is 0.154. The molecule has 0 unspecified atom stereocenters. The molecule has 0 saturated heterocycles. The lowest BCUT2D eigenvalue weighted by Gasteiger charge is -2.02. The van der Waals surface area contributed by atoms with Gasteiger partial charge in [0, 0.05) is 0 Å². The first-order valence-corrected chi connectivity index (χ1v) is 4.74. The van der Waals surface area contributed by atoms with Crippen LogP contribution in [0.25, 0.3) is 6.08 Å². The lowest BCUT2D eigenvalue weighted by Crippen LogP contribution is -1.84. The minimum Gasteiger partial charge on any atom is -0.265 e. The summed E-state index contributed by atoms with van der Waals surface area (Å²) >= 11 is 0. The minimum atomic E-state index is 0.938. The zero-order chi connectivity index (χ0) is 9.97. The van der Waals surface area contributed by atoms with Gasteiger partial charge in [-0.25, -0.2) is 0 Å². The van der Waals surface area contributed by atoms with Gasteiger partial charge in [-0.05, 0) is 43.3 Å². The highest BCUT2D eigenvalue weighted by Gasteiger charge is 2.02. The van der Waals surface area contributed by atoms with E-state index < -0.39 is 0 Å². The van der Waals surface area contributed by atoms with Gasteiger partial charge in [0.2, 0.25) is 0 Å². The maximum Gasteiger partial charge on any atom is 0.0628 e. The fourth-order valence-electron chi connectivity index (χ4n) is 1.58. The third-order valence-electron chi connectivity index (χ3n) is 2.48. The Kier molecular flexibility index (Phi) is 2.32. The van der Waals surface area contributed by atoms with E-state index in [1.54, 1.807) is 0 Å². The van der Waals surface area contributed by atoms with Gasteiger partial charge < -0.3 is 0 Å². The van der Waals surface area contributed by atoms with Crippen molar-refractivity contribution in [1.29, 1.82) is 0 Å². The summed E-state index contributed by atoms with van der Waals surface area (Å²) in [6.07, 6.45) is 7.52. The summed E-state index contributed by atoms with van der Waals surface area (Å²) in [7, 11) is 0. The molecule has 0 bridgehead atoms. The van der Waals surface area contributed by atoms with Gasteiger partial charge in [0.1, 0.15) is 0 Å². The molecule has 1 nitrogen and oxygen atoms in total. The quantitative estimate of drug-likeness (QED) is 0.590. The molecule has 0 saturated carbocycles. The molecule has 0 fully saturated rings. The Morgan fingerprint density at radius 1 is 1.29 bits per heavy atom. The van der Waals surface area contributed by atoms with Crippen LogP contribution in [-0.2, 0) is 6.42 Å². The van der Waals surface area contributed by atoms with Gasteiger partial charge in [0.25, 0.3) is 0 Å². The van der Waals surface area contributed by atoms with Gasteiger partial charge in [0.05, 0.1) is 5.69 Å².